The van der Waals surface area contributed by atoms with Crippen LogP contribution in [0, 0.1) is 6.92 Å². The first-order chi connectivity index (χ1) is 21.6. The van der Waals surface area contributed by atoms with E-state index in [-0.39, 0.29) is 33.9 Å². The van der Waals surface area contributed by atoms with Gasteiger partial charge in [0.2, 0.25) is 11.8 Å². The largest absolute Gasteiger partial charge is 0.417 e. The number of nitrogens with zero attached hydrogens (tertiary/aromatic N) is 2. The zero-order valence-electron chi connectivity index (χ0n) is 25.1. The third kappa shape index (κ3) is 8.48. The van der Waals surface area contributed by atoms with E-state index in [0.29, 0.717) is 15.9 Å². The first kappa shape index (κ1) is 35.9. The predicted octanol–water partition coefficient (Wildman–Crippen LogP) is 8.04. The molecule has 1 aliphatic rings. The maximum Gasteiger partial charge on any atom is 0.417 e. The van der Waals surface area contributed by atoms with Gasteiger partial charge in [-0.05, 0) is 74.2 Å². The van der Waals surface area contributed by atoms with Crippen molar-refractivity contribution >= 4 is 62.3 Å². The highest BCUT2D eigenvalue weighted by molar-refractivity contribution is 7.92. The lowest BCUT2D eigenvalue weighted by Crippen LogP contribution is -2.53. The number of benzene rings is 3. The summed E-state index contributed by atoms with van der Waals surface area (Å²) in [5, 5.41) is 2.84. The quantitative estimate of drug-likeness (QED) is 0.218. The fraction of sp³-hybridized carbons (Fsp3) is 0.375. The number of carbonyl (C=O) groups excluding carboxylic acids is 2. The molecule has 3 aromatic carbocycles. The number of carbonyl (C=O) groups is 2. The highest BCUT2D eigenvalue weighted by Crippen LogP contribution is 2.38. The molecule has 0 bridgehead atoms. The van der Waals surface area contributed by atoms with Crippen LogP contribution in [-0.2, 0) is 32.3 Å². The minimum Gasteiger partial charge on any atom is -0.352 e. The molecule has 0 heterocycles. The standard InChI is InChI=1S/C32H33Cl3F3N3O4S/c1-3-29(31(43)39-22-6-4-5-7-22)40(18-21-10-14-27(34)28(35)16-21)30(42)19-41(46(44,45)24-12-8-20(2)9-13-24)23-11-15-26(33)25(17-23)32(36,37)38/h8-17,22,29H,3-7,18-19H2,1-2H3,(H,39,43)/t29-/m0/s1. The Labute approximate surface area is 281 Å². The van der Waals surface area contributed by atoms with Crippen LogP contribution in [0.25, 0.3) is 0 Å². The molecule has 0 saturated heterocycles. The van der Waals surface area contributed by atoms with Crippen LogP contribution in [0.5, 0.6) is 0 Å². The summed E-state index contributed by atoms with van der Waals surface area (Å²) in [5.74, 6) is -1.24. The zero-order valence-corrected chi connectivity index (χ0v) is 28.2. The van der Waals surface area contributed by atoms with Crippen molar-refractivity contribution < 1.29 is 31.2 Å². The number of amides is 2. The van der Waals surface area contributed by atoms with Crippen molar-refractivity contribution in [1.82, 2.24) is 10.2 Å². The molecule has 0 aromatic heterocycles. The van der Waals surface area contributed by atoms with E-state index in [9.17, 15) is 31.2 Å². The van der Waals surface area contributed by atoms with E-state index in [4.69, 9.17) is 34.8 Å². The summed E-state index contributed by atoms with van der Waals surface area (Å²) >= 11 is 18.2. The van der Waals surface area contributed by atoms with Crippen molar-refractivity contribution in [2.24, 2.45) is 0 Å². The number of sulfonamides is 1. The SMILES string of the molecule is CC[C@@H](C(=O)NC1CCCC1)N(Cc1ccc(Cl)c(Cl)c1)C(=O)CN(c1ccc(Cl)c(C(F)(F)F)c1)S(=O)(=O)c1ccc(C)cc1. The van der Waals surface area contributed by atoms with Crippen molar-refractivity contribution in [3.63, 3.8) is 0 Å². The van der Waals surface area contributed by atoms with Crippen LogP contribution in [0.4, 0.5) is 18.9 Å². The lowest BCUT2D eigenvalue weighted by molar-refractivity contribution is -0.140. The second-order valence-corrected chi connectivity index (χ2v) is 14.3. The van der Waals surface area contributed by atoms with Gasteiger partial charge in [0.25, 0.3) is 10.0 Å². The summed E-state index contributed by atoms with van der Waals surface area (Å²) < 4.78 is 70.2. The van der Waals surface area contributed by atoms with Crippen molar-refractivity contribution in [1.29, 1.82) is 0 Å². The number of halogens is 6. The molecule has 0 unspecified atom stereocenters. The number of anilines is 1. The van der Waals surface area contributed by atoms with Crippen LogP contribution < -0.4 is 9.62 Å². The Hall–Kier alpha value is -2.99. The molecule has 248 valence electrons. The molecule has 7 nitrogen and oxygen atoms in total. The fourth-order valence-electron chi connectivity index (χ4n) is 5.37. The molecule has 2 amide bonds. The highest BCUT2D eigenvalue weighted by atomic mass is 35.5. The number of hydrogen-bond acceptors (Lipinski definition) is 4. The van der Waals surface area contributed by atoms with Gasteiger partial charge in [-0.15, -0.1) is 0 Å². The molecule has 4 rings (SSSR count). The molecule has 3 aromatic rings. The molecule has 0 radical (unpaired) electrons. The van der Waals surface area contributed by atoms with E-state index in [2.05, 4.69) is 5.32 Å². The summed E-state index contributed by atoms with van der Waals surface area (Å²) in [6.07, 6.45) is -1.22. The summed E-state index contributed by atoms with van der Waals surface area (Å²) in [6.45, 7) is 2.39. The lowest BCUT2D eigenvalue weighted by atomic mass is 10.1. The van der Waals surface area contributed by atoms with Gasteiger partial charge >= 0.3 is 6.18 Å². The van der Waals surface area contributed by atoms with Crippen LogP contribution in [0.15, 0.2) is 65.6 Å². The number of nitrogens with one attached hydrogen (secondary N) is 1. The van der Waals surface area contributed by atoms with E-state index in [0.717, 1.165) is 43.4 Å². The zero-order chi connectivity index (χ0) is 33.8. The van der Waals surface area contributed by atoms with Gasteiger partial charge in [-0.3, -0.25) is 13.9 Å². The Balaban J connectivity index is 1.79. The van der Waals surface area contributed by atoms with Gasteiger partial charge in [0, 0.05) is 12.6 Å². The van der Waals surface area contributed by atoms with Crippen LogP contribution in [0.2, 0.25) is 15.1 Å². The minimum atomic E-state index is -4.90. The molecule has 1 N–H and O–H groups in total. The molecule has 0 spiro atoms. The molecule has 0 aliphatic heterocycles. The van der Waals surface area contributed by atoms with Gasteiger partial charge in [-0.1, -0.05) is 78.3 Å². The summed E-state index contributed by atoms with van der Waals surface area (Å²) in [5.41, 5.74) is -0.435. The average molecular weight is 719 g/mol. The van der Waals surface area contributed by atoms with Crippen molar-refractivity contribution in [2.45, 2.75) is 75.7 Å². The summed E-state index contributed by atoms with van der Waals surface area (Å²) in [7, 11) is -4.59. The van der Waals surface area contributed by atoms with Crippen molar-refractivity contribution in [3.05, 3.63) is 92.4 Å². The van der Waals surface area contributed by atoms with Crippen molar-refractivity contribution in [3.8, 4) is 0 Å². The first-order valence-electron chi connectivity index (χ1n) is 14.6. The molecule has 14 heteroatoms. The third-order valence-corrected chi connectivity index (χ3v) is 10.7. The monoisotopic (exact) mass is 717 g/mol. The molecule has 1 saturated carbocycles. The van der Waals surface area contributed by atoms with Crippen LogP contribution >= 0.6 is 34.8 Å². The van der Waals surface area contributed by atoms with Gasteiger partial charge < -0.3 is 10.2 Å². The topological polar surface area (TPSA) is 86.8 Å². The van der Waals surface area contributed by atoms with Gasteiger partial charge in [0.05, 0.1) is 31.2 Å². The number of rotatable bonds is 11. The first-order valence-corrected chi connectivity index (χ1v) is 17.2. The van der Waals surface area contributed by atoms with E-state index in [1.807, 2.05) is 0 Å². The maximum atomic E-state index is 14.2. The second-order valence-electron chi connectivity index (χ2n) is 11.2. The number of alkyl halides is 3. The second kappa shape index (κ2) is 14.8. The molecular weight excluding hydrogens is 686 g/mol. The maximum absolute atomic E-state index is 14.2. The lowest BCUT2D eigenvalue weighted by Gasteiger charge is -2.34. The smallest absolute Gasteiger partial charge is 0.352 e. The Morgan fingerprint density at radius 2 is 1.57 bits per heavy atom. The van der Waals surface area contributed by atoms with Gasteiger partial charge in [-0.25, -0.2) is 8.42 Å². The van der Waals surface area contributed by atoms with E-state index in [1.165, 1.54) is 41.3 Å². The van der Waals surface area contributed by atoms with Crippen LogP contribution in [-0.4, -0.2) is 43.8 Å². The van der Waals surface area contributed by atoms with Crippen LogP contribution in [0.3, 0.4) is 0 Å². The summed E-state index contributed by atoms with van der Waals surface area (Å²) in [6, 6.07) is 11.9. The Morgan fingerprint density at radius 1 is 0.935 bits per heavy atom. The highest BCUT2D eigenvalue weighted by Gasteiger charge is 2.37. The van der Waals surface area contributed by atoms with E-state index in [1.54, 1.807) is 19.9 Å². The molecule has 46 heavy (non-hydrogen) atoms. The number of hydrogen-bond donors (Lipinski definition) is 1. The van der Waals surface area contributed by atoms with E-state index < -0.39 is 56.9 Å². The summed E-state index contributed by atoms with van der Waals surface area (Å²) in [4.78, 5) is 28.8. The van der Waals surface area contributed by atoms with Gasteiger partial charge in [0.15, 0.2) is 0 Å². The molecular formula is C32H33Cl3F3N3O4S. The van der Waals surface area contributed by atoms with Gasteiger partial charge in [-0.2, -0.15) is 13.2 Å². The Morgan fingerprint density at radius 3 is 2.15 bits per heavy atom. The Bertz CT molecular complexity index is 1680. The molecule has 1 aliphatic carbocycles. The fourth-order valence-corrected chi connectivity index (χ4v) is 7.32. The van der Waals surface area contributed by atoms with Crippen molar-refractivity contribution in [2.75, 3.05) is 10.8 Å². The minimum absolute atomic E-state index is 0.0586. The predicted molar refractivity (Wildman–Crippen MR) is 174 cm³/mol. The normalized spacial score (nSPS) is 14.6. The van der Waals surface area contributed by atoms with Crippen LogP contribution in [0.1, 0.15) is 55.7 Å². The van der Waals surface area contributed by atoms with E-state index >= 15 is 0 Å². The average Bonchev–Trinajstić information content (AvgIpc) is 3.50. The van der Waals surface area contributed by atoms with Gasteiger partial charge in [0.1, 0.15) is 12.6 Å². The third-order valence-electron chi connectivity index (χ3n) is 7.86. The Kier molecular flexibility index (Phi) is 11.6. The molecule has 1 fully saturated rings. The molecule has 1 atom stereocenters. The number of aryl methyl sites for hydroxylation is 1.